The zero-order valence-electron chi connectivity index (χ0n) is 13.7. The monoisotopic (exact) mass is 328 g/mol. The van der Waals surface area contributed by atoms with Gasteiger partial charge in [-0.15, -0.1) is 0 Å². The largest absolute Gasteiger partial charge is 0.508 e. The van der Waals surface area contributed by atoms with Crippen LogP contribution in [0.2, 0.25) is 0 Å². The Morgan fingerprint density at radius 1 is 1.12 bits per heavy atom. The summed E-state index contributed by atoms with van der Waals surface area (Å²) in [7, 11) is 0. The molecule has 0 spiro atoms. The summed E-state index contributed by atoms with van der Waals surface area (Å²) in [6.07, 6.45) is 0. The number of hydrogen-bond acceptors (Lipinski definition) is 4. The fourth-order valence-corrected chi connectivity index (χ4v) is 3.43. The molecule has 3 aromatic carbocycles. The molecule has 122 valence electrons. The smallest absolute Gasteiger partial charge is 0.205 e. The van der Waals surface area contributed by atoms with Gasteiger partial charge in [0.2, 0.25) is 5.88 Å². The SMILES string of the molecule is Cc1cc(C2C(C#N)=C(N)Oc3ccc4ccccc4c32)ccc1O. The van der Waals surface area contributed by atoms with E-state index in [4.69, 9.17) is 10.5 Å². The van der Waals surface area contributed by atoms with Crippen LogP contribution in [0.15, 0.2) is 66.1 Å². The van der Waals surface area contributed by atoms with Gasteiger partial charge in [0.25, 0.3) is 0 Å². The summed E-state index contributed by atoms with van der Waals surface area (Å²) in [5.74, 6) is 0.676. The number of nitriles is 1. The zero-order valence-corrected chi connectivity index (χ0v) is 13.7. The quantitative estimate of drug-likeness (QED) is 0.705. The van der Waals surface area contributed by atoms with Crippen LogP contribution in [0.5, 0.6) is 11.5 Å². The normalized spacial score (nSPS) is 16.2. The summed E-state index contributed by atoms with van der Waals surface area (Å²) in [6, 6.07) is 19.4. The highest BCUT2D eigenvalue weighted by Crippen LogP contribution is 2.45. The van der Waals surface area contributed by atoms with Gasteiger partial charge in [-0.2, -0.15) is 5.26 Å². The lowest BCUT2D eigenvalue weighted by Crippen LogP contribution is -2.21. The van der Waals surface area contributed by atoms with Crippen LogP contribution < -0.4 is 10.5 Å². The lowest BCUT2D eigenvalue weighted by molar-refractivity contribution is 0.395. The molecule has 1 unspecified atom stereocenters. The van der Waals surface area contributed by atoms with E-state index in [9.17, 15) is 10.4 Å². The minimum atomic E-state index is -0.334. The molecular formula is C21H16N2O2. The Hall–Kier alpha value is -3.45. The lowest BCUT2D eigenvalue weighted by atomic mass is 9.81. The van der Waals surface area contributed by atoms with Crippen LogP contribution in [0.4, 0.5) is 0 Å². The standard InChI is InChI=1S/C21H16N2O2/c1-12-10-14(6-8-17(12)24)19-16(11-22)21(23)25-18-9-7-13-4-2-3-5-15(13)20(18)19/h2-10,19,24H,23H2,1H3. The van der Waals surface area contributed by atoms with Crippen LogP contribution in [0.3, 0.4) is 0 Å². The summed E-state index contributed by atoms with van der Waals surface area (Å²) in [5, 5.41) is 21.7. The first-order valence-corrected chi connectivity index (χ1v) is 7.99. The van der Waals surface area contributed by atoms with Gasteiger partial charge in [0.1, 0.15) is 23.1 Å². The molecular weight excluding hydrogens is 312 g/mol. The summed E-state index contributed by atoms with van der Waals surface area (Å²) in [6.45, 7) is 1.83. The van der Waals surface area contributed by atoms with Crippen molar-refractivity contribution >= 4 is 10.8 Å². The Morgan fingerprint density at radius 2 is 1.92 bits per heavy atom. The molecule has 0 aliphatic carbocycles. The topological polar surface area (TPSA) is 79.3 Å². The van der Waals surface area contributed by atoms with Crippen LogP contribution in [-0.2, 0) is 0 Å². The number of nitrogens with zero attached hydrogens (tertiary/aromatic N) is 1. The fourth-order valence-electron chi connectivity index (χ4n) is 3.43. The van der Waals surface area contributed by atoms with Crippen molar-refractivity contribution < 1.29 is 9.84 Å². The molecule has 25 heavy (non-hydrogen) atoms. The number of benzene rings is 3. The summed E-state index contributed by atoms with van der Waals surface area (Å²) in [5.41, 5.74) is 8.99. The molecule has 0 aromatic heterocycles. The number of fused-ring (bicyclic) bond motifs is 3. The molecule has 0 fully saturated rings. The molecule has 0 bridgehead atoms. The third-order valence-electron chi connectivity index (χ3n) is 4.67. The zero-order chi connectivity index (χ0) is 17.6. The average molecular weight is 328 g/mol. The minimum absolute atomic E-state index is 0.126. The molecule has 1 atom stereocenters. The summed E-state index contributed by atoms with van der Waals surface area (Å²) in [4.78, 5) is 0. The van der Waals surface area contributed by atoms with E-state index >= 15 is 0 Å². The second-order valence-electron chi connectivity index (χ2n) is 6.17. The Balaban J connectivity index is 2.06. The number of hydrogen-bond donors (Lipinski definition) is 2. The molecule has 4 nitrogen and oxygen atoms in total. The molecule has 0 saturated heterocycles. The Labute approximate surface area is 145 Å². The van der Waals surface area contributed by atoms with Gasteiger partial charge < -0.3 is 15.6 Å². The first-order valence-electron chi connectivity index (χ1n) is 7.99. The maximum absolute atomic E-state index is 9.86. The number of aromatic hydroxyl groups is 1. The molecule has 4 rings (SSSR count). The highest BCUT2D eigenvalue weighted by molar-refractivity contribution is 5.90. The molecule has 0 saturated carbocycles. The van der Waals surface area contributed by atoms with Crippen LogP contribution in [-0.4, -0.2) is 5.11 Å². The van der Waals surface area contributed by atoms with Gasteiger partial charge in [-0.3, -0.25) is 0 Å². The Morgan fingerprint density at radius 3 is 2.68 bits per heavy atom. The molecule has 1 aliphatic rings. The number of phenols is 1. The average Bonchev–Trinajstić information content (AvgIpc) is 2.62. The number of rotatable bonds is 1. The van der Waals surface area contributed by atoms with Gasteiger partial charge >= 0.3 is 0 Å². The van der Waals surface area contributed by atoms with Crippen molar-refractivity contribution in [2.24, 2.45) is 5.73 Å². The van der Waals surface area contributed by atoms with Gasteiger partial charge in [-0.05, 0) is 41.0 Å². The van der Waals surface area contributed by atoms with Gasteiger partial charge in [-0.1, -0.05) is 42.5 Å². The molecule has 4 heteroatoms. The summed E-state index contributed by atoms with van der Waals surface area (Å²) < 4.78 is 5.73. The number of aryl methyl sites for hydroxylation is 1. The molecule has 3 aromatic rings. The van der Waals surface area contributed by atoms with Crippen LogP contribution >= 0.6 is 0 Å². The Kier molecular flexibility index (Phi) is 3.36. The van der Waals surface area contributed by atoms with Gasteiger partial charge in [-0.25, -0.2) is 0 Å². The van der Waals surface area contributed by atoms with E-state index in [0.717, 1.165) is 27.5 Å². The number of nitrogens with two attached hydrogens (primary N) is 1. The second kappa shape index (κ2) is 5.57. The molecule has 1 heterocycles. The number of ether oxygens (including phenoxy) is 1. The maximum atomic E-state index is 9.86. The fraction of sp³-hybridized carbons (Fsp3) is 0.0952. The predicted octanol–water partition coefficient (Wildman–Crippen LogP) is 4.07. The first-order chi connectivity index (χ1) is 12.1. The van der Waals surface area contributed by atoms with Crippen molar-refractivity contribution in [3.05, 3.63) is 82.7 Å². The van der Waals surface area contributed by atoms with Crippen molar-refractivity contribution in [3.8, 4) is 17.6 Å². The molecule has 0 amide bonds. The van der Waals surface area contributed by atoms with E-state index in [1.807, 2.05) is 55.5 Å². The van der Waals surface area contributed by atoms with Gasteiger partial charge in [0, 0.05) is 5.56 Å². The predicted molar refractivity (Wildman–Crippen MR) is 96.1 cm³/mol. The van der Waals surface area contributed by atoms with Gasteiger partial charge in [0.15, 0.2) is 0 Å². The van der Waals surface area contributed by atoms with Crippen molar-refractivity contribution in [3.63, 3.8) is 0 Å². The second-order valence-corrected chi connectivity index (χ2v) is 6.17. The van der Waals surface area contributed by atoms with Gasteiger partial charge in [0.05, 0.1) is 5.92 Å². The number of phenolic OH excluding ortho intramolecular Hbond substituents is 1. The van der Waals surface area contributed by atoms with Crippen LogP contribution in [0, 0.1) is 18.3 Å². The van der Waals surface area contributed by atoms with E-state index in [-0.39, 0.29) is 17.6 Å². The van der Waals surface area contributed by atoms with E-state index in [2.05, 4.69) is 6.07 Å². The minimum Gasteiger partial charge on any atom is -0.508 e. The van der Waals surface area contributed by atoms with E-state index in [1.54, 1.807) is 6.07 Å². The van der Waals surface area contributed by atoms with Crippen molar-refractivity contribution in [2.75, 3.05) is 0 Å². The third kappa shape index (κ3) is 2.29. The maximum Gasteiger partial charge on any atom is 0.205 e. The molecule has 0 radical (unpaired) electrons. The van der Waals surface area contributed by atoms with Crippen molar-refractivity contribution in [1.82, 2.24) is 0 Å². The highest BCUT2D eigenvalue weighted by Gasteiger charge is 2.32. The molecule has 1 aliphatic heterocycles. The van der Waals surface area contributed by atoms with E-state index in [0.29, 0.717) is 11.3 Å². The molecule has 3 N–H and O–H groups in total. The van der Waals surface area contributed by atoms with Crippen molar-refractivity contribution in [1.29, 1.82) is 5.26 Å². The Bertz CT molecular complexity index is 1080. The van der Waals surface area contributed by atoms with E-state index < -0.39 is 0 Å². The first kappa shape index (κ1) is 15.1. The van der Waals surface area contributed by atoms with Crippen LogP contribution in [0.1, 0.15) is 22.6 Å². The van der Waals surface area contributed by atoms with E-state index in [1.165, 1.54) is 0 Å². The summed E-state index contributed by atoms with van der Waals surface area (Å²) >= 11 is 0. The van der Waals surface area contributed by atoms with Crippen molar-refractivity contribution in [2.45, 2.75) is 12.8 Å². The highest BCUT2D eigenvalue weighted by atomic mass is 16.5. The third-order valence-corrected chi connectivity index (χ3v) is 4.67. The lowest BCUT2D eigenvalue weighted by Gasteiger charge is -2.28. The van der Waals surface area contributed by atoms with Crippen LogP contribution in [0.25, 0.3) is 10.8 Å². The number of allylic oxidation sites excluding steroid dienone is 1.